The molecule has 0 atom stereocenters. The number of anilines is 6. The van der Waals surface area contributed by atoms with Crippen LogP contribution in [0.2, 0.25) is 0 Å². The predicted octanol–water partition coefficient (Wildman–Crippen LogP) is 7.00. The van der Waals surface area contributed by atoms with Crippen molar-refractivity contribution >= 4 is 129 Å². The number of carbonyl (C=O) groups excluding carboxylic acids is 12. The van der Waals surface area contributed by atoms with Gasteiger partial charge in [-0.05, 0) is 0 Å². The minimum atomic E-state index is -5.86. The second-order valence-electron chi connectivity index (χ2n) is 19.5. The standard InChI is InChI=1S/C60H40N9O18P3/c70-49-25-26-50(71)64(49)37-13-1-7-19-43(37)82-88(83-44-20-8-2-14-38(44)65-51(72)27-28-52(65)73)61-89(84-45-21-9-3-15-39(45)66-53(74)29-30-54(66)75,85-46-22-10-4-16-40(46)67-55(76)31-32-56(67)77)63-90(62-88,86-47-23-11-5-17-41(47)68-57(78)33-34-58(68)79)87-48-24-12-6-18-42(48)69-59(80)35-36-60(69)81/h1-36,61-62,88-89H. The summed E-state index contributed by atoms with van der Waals surface area (Å²) in [4.78, 5) is 176. The van der Waals surface area contributed by atoms with Crippen LogP contribution in [0.15, 0.2) is 223 Å². The van der Waals surface area contributed by atoms with Crippen LogP contribution >= 0.6 is 23.7 Å². The van der Waals surface area contributed by atoms with Crippen molar-refractivity contribution in [3.8, 4) is 34.5 Å². The molecule has 0 aromatic heterocycles. The van der Waals surface area contributed by atoms with Gasteiger partial charge in [-0.25, -0.2) is 0 Å². The van der Waals surface area contributed by atoms with Crippen LogP contribution in [0.25, 0.3) is 0 Å². The molecule has 27 nitrogen and oxygen atoms in total. The van der Waals surface area contributed by atoms with Gasteiger partial charge in [0.05, 0.1) is 0 Å². The summed E-state index contributed by atoms with van der Waals surface area (Å²) in [6.07, 6.45) is 12.0. The van der Waals surface area contributed by atoms with Gasteiger partial charge in [0.15, 0.2) is 0 Å². The first-order chi connectivity index (χ1) is 43.4. The van der Waals surface area contributed by atoms with Crippen LogP contribution in [-0.4, -0.2) is 70.9 Å². The molecule has 0 fully saturated rings. The Labute approximate surface area is 508 Å². The molecule has 13 rings (SSSR count). The molecular formula is C60H40N9O18P3. The molecule has 30 heteroatoms. The van der Waals surface area contributed by atoms with E-state index in [9.17, 15) is 57.5 Å². The van der Waals surface area contributed by atoms with E-state index in [1.807, 2.05) is 0 Å². The molecule has 0 spiro atoms. The van der Waals surface area contributed by atoms with E-state index in [4.69, 9.17) is 31.7 Å². The van der Waals surface area contributed by atoms with E-state index in [0.29, 0.717) is 0 Å². The quantitative estimate of drug-likeness (QED) is 0.0646. The zero-order valence-electron chi connectivity index (χ0n) is 45.7. The second kappa shape index (κ2) is 22.6. The van der Waals surface area contributed by atoms with Crippen molar-refractivity contribution in [3.05, 3.63) is 219 Å². The Hall–Kier alpha value is -11.6. The molecule has 0 aliphatic carbocycles. The predicted molar refractivity (Wildman–Crippen MR) is 324 cm³/mol. The number of imide groups is 6. The zero-order valence-corrected chi connectivity index (χ0v) is 48.6. The molecule has 0 unspecified atom stereocenters. The van der Waals surface area contributed by atoms with Gasteiger partial charge in [-0.2, -0.15) is 0 Å². The summed E-state index contributed by atoms with van der Waals surface area (Å²) in [5.41, 5.74) is -1.45. The fourth-order valence-electron chi connectivity index (χ4n) is 10.0. The Morgan fingerprint density at radius 3 is 0.722 bits per heavy atom. The fraction of sp³-hybridized carbons (Fsp3) is 0. The second-order valence-corrected chi connectivity index (χ2v) is 26.8. The molecule has 0 saturated carbocycles. The third kappa shape index (κ3) is 10.4. The van der Waals surface area contributed by atoms with E-state index in [-0.39, 0.29) is 57.1 Å². The van der Waals surface area contributed by atoms with Crippen molar-refractivity contribution in [2.45, 2.75) is 0 Å². The van der Waals surface area contributed by atoms with Crippen LogP contribution < -0.4 is 66.3 Å². The summed E-state index contributed by atoms with van der Waals surface area (Å²) in [6, 6.07) is 33.3. The van der Waals surface area contributed by atoms with Crippen LogP contribution in [0.5, 0.6) is 34.5 Å². The molecule has 0 bridgehead atoms. The molecule has 2 N–H and O–H groups in total. The Bertz CT molecular complexity index is 4170. The van der Waals surface area contributed by atoms with E-state index < -0.39 is 106 Å². The number of nitrogens with zero attached hydrogens (tertiary/aromatic N) is 7. The van der Waals surface area contributed by atoms with Crippen molar-refractivity contribution < 1.29 is 84.7 Å². The fourth-order valence-corrected chi connectivity index (χ4v) is 21.7. The van der Waals surface area contributed by atoms with Gasteiger partial charge in [0, 0.05) is 0 Å². The molecule has 6 aromatic carbocycles. The number of benzene rings is 6. The van der Waals surface area contributed by atoms with Crippen molar-refractivity contribution in [1.82, 2.24) is 9.72 Å². The summed E-state index contributed by atoms with van der Waals surface area (Å²) in [7, 11) is -17.0. The zero-order chi connectivity index (χ0) is 62.6. The summed E-state index contributed by atoms with van der Waals surface area (Å²) in [6.45, 7) is 0. The maximum absolute atomic E-state index is 13.7. The monoisotopic (exact) mass is 1270 g/mol. The molecule has 90 heavy (non-hydrogen) atoms. The van der Waals surface area contributed by atoms with E-state index >= 15 is 0 Å². The molecule has 0 radical (unpaired) electrons. The molecule has 6 aromatic rings. The SMILES string of the molecule is O=C1C=CC(=O)N1c1ccccc1OP1(Oc2ccccc2N2C(=O)C=CC2=O)=N[PH](Oc2ccccc2N2C(=O)C=CC2=O)(Oc2ccccc2N2C(=O)C=CC2=O)N[PH](Oc2ccccc2N2C(=O)C=CC2=O)(Oc2ccccc2N2C(=O)C=CC2=O)N1. The first kappa shape index (κ1) is 57.5. The summed E-state index contributed by atoms with van der Waals surface area (Å²) in [5, 5.41) is 0. The van der Waals surface area contributed by atoms with Gasteiger partial charge in [-0.1, -0.05) is 0 Å². The van der Waals surface area contributed by atoms with E-state index in [2.05, 4.69) is 9.72 Å². The molecule has 7 heterocycles. The summed E-state index contributed by atoms with van der Waals surface area (Å²) >= 11 is 0. The van der Waals surface area contributed by atoms with Crippen molar-refractivity contribution in [2.75, 3.05) is 29.4 Å². The Morgan fingerprint density at radius 1 is 0.278 bits per heavy atom. The van der Waals surface area contributed by atoms with Crippen LogP contribution in [0, 0.1) is 0 Å². The number of amides is 12. The van der Waals surface area contributed by atoms with Gasteiger partial charge in [0.25, 0.3) is 0 Å². The normalized spacial score (nSPS) is 19.3. The van der Waals surface area contributed by atoms with Crippen LogP contribution in [0.4, 0.5) is 34.1 Å². The molecular weight excluding hydrogens is 1230 g/mol. The summed E-state index contributed by atoms with van der Waals surface area (Å²) < 4.78 is 48.7. The van der Waals surface area contributed by atoms with Crippen molar-refractivity contribution in [3.63, 3.8) is 0 Å². The van der Waals surface area contributed by atoms with Crippen molar-refractivity contribution in [2.24, 2.45) is 4.52 Å². The van der Waals surface area contributed by atoms with Crippen LogP contribution in [0.1, 0.15) is 0 Å². The van der Waals surface area contributed by atoms with Crippen LogP contribution in [0.3, 0.4) is 0 Å². The van der Waals surface area contributed by atoms with Gasteiger partial charge < -0.3 is 0 Å². The van der Waals surface area contributed by atoms with E-state index in [0.717, 1.165) is 102 Å². The number of rotatable bonds is 18. The molecule has 448 valence electrons. The van der Waals surface area contributed by atoms with E-state index in [1.54, 1.807) is 0 Å². The number of carbonyl (C=O) groups is 12. The average Bonchev–Trinajstić information content (AvgIpc) is 1.01. The Kier molecular flexibility index (Phi) is 14.4. The minimum absolute atomic E-state index is 0.234. The van der Waals surface area contributed by atoms with Crippen molar-refractivity contribution in [1.29, 1.82) is 0 Å². The average molecular weight is 1270 g/mol. The molecule has 12 amide bonds. The number of hydrogen-bond donors (Lipinski definition) is 2. The van der Waals surface area contributed by atoms with E-state index in [1.165, 1.54) is 146 Å². The van der Waals surface area contributed by atoms with Gasteiger partial charge in [-0.15, -0.1) is 0 Å². The van der Waals surface area contributed by atoms with Gasteiger partial charge in [-0.3, -0.25) is 0 Å². The molecule has 7 aliphatic heterocycles. The third-order valence-electron chi connectivity index (χ3n) is 13.8. The third-order valence-corrected chi connectivity index (χ3v) is 23.7. The topological polar surface area (TPSA) is 316 Å². The van der Waals surface area contributed by atoms with Gasteiger partial charge >= 0.3 is 510 Å². The van der Waals surface area contributed by atoms with Gasteiger partial charge in [0.1, 0.15) is 0 Å². The Balaban J connectivity index is 1.15. The number of para-hydroxylation sites is 12. The molecule has 7 aliphatic rings. The summed E-state index contributed by atoms with van der Waals surface area (Å²) in [5.74, 6) is -12.3. The molecule has 0 saturated heterocycles. The van der Waals surface area contributed by atoms with Gasteiger partial charge in [0.2, 0.25) is 0 Å². The number of hydrogen-bond acceptors (Lipinski definition) is 21. The van der Waals surface area contributed by atoms with Crippen LogP contribution in [-0.2, 0) is 57.5 Å². The maximum atomic E-state index is 13.7. The Morgan fingerprint density at radius 2 is 0.478 bits per heavy atom. The first-order valence-electron chi connectivity index (χ1n) is 26.7. The number of nitrogens with one attached hydrogen (secondary N) is 2. The first-order valence-corrected chi connectivity index (χ1v) is 31.9.